The minimum Gasteiger partial charge on any atom is -0.481 e. The third-order valence-corrected chi connectivity index (χ3v) is 4.70. The summed E-state index contributed by atoms with van der Waals surface area (Å²) in [7, 11) is 1.61. The van der Waals surface area contributed by atoms with Crippen molar-refractivity contribution in [3.63, 3.8) is 0 Å². The van der Waals surface area contributed by atoms with Gasteiger partial charge < -0.3 is 14.5 Å². The van der Waals surface area contributed by atoms with Gasteiger partial charge in [-0.05, 0) is 25.7 Å². The van der Waals surface area contributed by atoms with Crippen molar-refractivity contribution in [1.82, 2.24) is 19.9 Å². The van der Waals surface area contributed by atoms with Gasteiger partial charge in [-0.3, -0.25) is 4.90 Å². The molecule has 1 saturated heterocycles. The molecule has 1 saturated carbocycles. The maximum absolute atomic E-state index is 5.86. The molecule has 0 atom stereocenters. The molecule has 0 spiro atoms. The molecule has 128 valence electrons. The molecule has 24 heavy (non-hydrogen) atoms. The van der Waals surface area contributed by atoms with Crippen LogP contribution in [0.25, 0.3) is 0 Å². The lowest BCUT2D eigenvalue weighted by Crippen LogP contribution is -2.38. The van der Waals surface area contributed by atoms with Crippen LogP contribution in [-0.4, -0.2) is 46.1 Å². The van der Waals surface area contributed by atoms with Gasteiger partial charge in [0.15, 0.2) is 0 Å². The molecular formula is C17H23N5O2. The largest absolute Gasteiger partial charge is 0.481 e. The van der Waals surface area contributed by atoms with Crippen molar-refractivity contribution in [2.45, 2.75) is 44.2 Å². The van der Waals surface area contributed by atoms with Gasteiger partial charge >= 0.3 is 0 Å². The number of nitrogens with one attached hydrogen (secondary N) is 1. The first-order chi connectivity index (χ1) is 11.8. The van der Waals surface area contributed by atoms with Crippen molar-refractivity contribution in [1.29, 1.82) is 0 Å². The quantitative estimate of drug-likeness (QED) is 0.872. The van der Waals surface area contributed by atoms with Gasteiger partial charge in [-0.2, -0.15) is 0 Å². The van der Waals surface area contributed by atoms with Crippen molar-refractivity contribution < 1.29 is 9.15 Å². The molecule has 2 aromatic heterocycles. The van der Waals surface area contributed by atoms with E-state index < -0.39 is 0 Å². The Bertz CT molecular complexity index is 677. The van der Waals surface area contributed by atoms with E-state index >= 15 is 0 Å². The molecule has 0 bridgehead atoms. The number of anilines is 1. The van der Waals surface area contributed by atoms with Gasteiger partial charge in [-0.1, -0.05) is 0 Å². The lowest BCUT2D eigenvalue weighted by atomic mass is 10.1. The predicted octanol–water partition coefficient (Wildman–Crippen LogP) is 2.43. The smallest absolute Gasteiger partial charge is 0.218 e. The van der Waals surface area contributed by atoms with E-state index in [4.69, 9.17) is 9.15 Å². The third-order valence-electron chi connectivity index (χ3n) is 4.70. The summed E-state index contributed by atoms with van der Waals surface area (Å²) in [6, 6.07) is 2.26. The summed E-state index contributed by atoms with van der Waals surface area (Å²) in [5.41, 5.74) is 0. The first kappa shape index (κ1) is 15.4. The molecule has 3 heterocycles. The number of piperidine rings is 1. The van der Waals surface area contributed by atoms with Gasteiger partial charge in [0.2, 0.25) is 11.8 Å². The third kappa shape index (κ3) is 3.67. The highest BCUT2D eigenvalue weighted by atomic mass is 16.5. The number of oxazole rings is 1. The maximum atomic E-state index is 5.86. The van der Waals surface area contributed by atoms with Crippen LogP contribution in [0, 0.1) is 0 Å². The fourth-order valence-electron chi connectivity index (χ4n) is 3.12. The summed E-state index contributed by atoms with van der Waals surface area (Å²) < 4.78 is 11.0. The Morgan fingerprint density at radius 2 is 2.04 bits per heavy atom. The normalized spacial score (nSPS) is 19.4. The van der Waals surface area contributed by atoms with E-state index in [-0.39, 0.29) is 0 Å². The van der Waals surface area contributed by atoms with Gasteiger partial charge in [0.05, 0.1) is 19.9 Å². The van der Waals surface area contributed by atoms with Crippen molar-refractivity contribution in [3.05, 3.63) is 30.2 Å². The van der Waals surface area contributed by atoms with Crippen LogP contribution in [0.15, 0.2) is 23.0 Å². The second kappa shape index (κ2) is 6.76. The first-order valence-electron chi connectivity index (χ1n) is 8.59. The van der Waals surface area contributed by atoms with Crippen molar-refractivity contribution >= 4 is 5.82 Å². The minimum atomic E-state index is 0.424. The van der Waals surface area contributed by atoms with E-state index in [9.17, 15) is 0 Å². The molecular weight excluding hydrogens is 306 g/mol. The van der Waals surface area contributed by atoms with Gasteiger partial charge in [-0.25, -0.2) is 15.0 Å². The molecule has 7 heteroatoms. The number of hydrogen-bond donors (Lipinski definition) is 1. The van der Waals surface area contributed by atoms with Crippen molar-refractivity contribution in [2.24, 2.45) is 0 Å². The standard InChI is InChI=1S/C17H23N5O2/c1-23-16-8-15(19-11-20-16)21-13-4-6-22(7-5-13)10-17-18-9-14(24-17)12-2-3-12/h8-9,11-13H,2-7,10H2,1H3,(H,19,20,21). The van der Waals surface area contributed by atoms with Crippen LogP contribution >= 0.6 is 0 Å². The minimum absolute atomic E-state index is 0.424. The molecule has 4 rings (SSSR count). The highest BCUT2D eigenvalue weighted by molar-refractivity contribution is 5.38. The summed E-state index contributed by atoms with van der Waals surface area (Å²) in [4.78, 5) is 15.1. The van der Waals surface area contributed by atoms with Crippen LogP contribution in [0.1, 0.15) is 43.3 Å². The SMILES string of the molecule is COc1cc(NC2CCN(Cc3ncc(C4CC4)o3)CC2)ncn1. The predicted molar refractivity (Wildman–Crippen MR) is 89.0 cm³/mol. The average Bonchev–Trinajstić information content (AvgIpc) is 3.37. The van der Waals surface area contributed by atoms with Gasteiger partial charge in [0, 0.05) is 31.1 Å². The van der Waals surface area contributed by atoms with Crippen LogP contribution < -0.4 is 10.1 Å². The Balaban J connectivity index is 1.26. The van der Waals surface area contributed by atoms with Gasteiger partial charge in [0.1, 0.15) is 17.9 Å². The Labute approximate surface area is 141 Å². The van der Waals surface area contributed by atoms with Crippen molar-refractivity contribution in [2.75, 3.05) is 25.5 Å². The van der Waals surface area contributed by atoms with Crippen LogP contribution in [0.2, 0.25) is 0 Å². The summed E-state index contributed by atoms with van der Waals surface area (Å²) in [6.07, 6.45) is 8.07. The Kier molecular flexibility index (Phi) is 4.34. The maximum Gasteiger partial charge on any atom is 0.218 e. The Morgan fingerprint density at radius 1 is 1.21 bits per heavy atom. The molecule has 1 N–H and O–H groups in total. The van der Waals surface area contributed by atoms with E-state index in [1.807, 2.05) is 12.3 Å². The second-order valence-corrected chi connectivity index (χ2v) is 6.57. The molecule has 7 nitrogen and oxygen atoms in total. The Hall–Kier alpha value is -2.15. The zero-order valence-corrected chi connectivity index (χ0v) is 13.9. The van der Waals surface area contributed by atoms with Gasteiger partial charge in [0.25, 0.3) is 0 Å². The summed E-state index contributed by atoms with van der Waals surface area (Å²) in [5.74, 6) is 3.96. The highest BCUT2D eigenvalue weighted by Gasteiger charge is 2.28. The van der Waals surface area contributed by atoms with Crippen molar-refractivity contribution in [3.8, 4) is 5.88 Å². The Morgan fingerprint density at radius 3 is 2.79 bits per heavy atom. The number of nitrogens with zero attached hydrogens (tertiary/aromatic N) is 4. The number of likely N-dealkylation sites (tertiary alicyclic amines) is 1. The summed E-state index contributed by atoms with van der Waals surface area (Å²) in [6.45, 7) is 2.86. The second-order valence-electron chi connectivity index (χ2n) is 6.57. The van der Waals surface area contributed by atoms with Crippen LogP contribution in [0.4, 0.5) is 5.82 Å². The molecule has 1 aliphatic carbocycles. The molecule has 1 aliphatic heterocycles. The van der Waals surface area contributed by atoms with E-state index in [0.717, 1.165) is 49.9 Å². The number of ether oxygens (including phenoxy) is 1. The molecule has 0 amide bonds. The van der Waals surface area contributed by atoms with Crippen LogP contribution in [-0.2, 0) is 6.54 Å². The average molecular weight is 329 g/mol. The van der Waals surface area contributed by atoms with Gasteiger partial charge in [-0.15, -0.1) is 0 Å². The van der Waals surface area contributed by atoms with E-state index in [1.165, 1.54) is 19.2 Å². The first-order valence-corrected chi connectivity index (χ1v) is 8.59. The molecule has 0 unspecified atom stereocenters. The monoisotopic (exact) mass is 329 g/mol. The molecule has 2 aromatic rings. The van der Waals surface area contributed by atoms with E-state index in [0.29, 0.717) is 17.8 Å². The molecule has 2 fully saturated rings. The molecule has 0 radical (unpaired) electrons. The number of aromatic nitrogens is 3. The topological polar surface area (TPSA) is 76.3 Å². The fourth-order valence-corrected chi connectivity index (χ4v) is 3.12. The number of rotatable bonds is 6. The van der Waals surface area contributed by atoms with Crippen LogP contribution in [0.3, 0.4) is 0 Å². The zero-order valence-electron chi connectivity index (χ0n) is 13.9. The summed E-state index contributed by atoms with van der Waals surface area (Å²) in [5, 5.41) is 3.47. The zero-order chi connectivity index (χ0) is 16.4. The number of hydrogen-bond acceptors (Lipinski definition) is 7. The fraction of sp³-hybridized carbons (Fsp3) is 0.588. The number of methoxy groups -OCH3 is 1. The molecule has 0 aromatic carbocycles. The van der Waals surface area contributed by atoms with Crippen LogP contribution in [0.5, 0.6) is 5.88 Å². The lowest BCUT2D eigenvalue weighted by molar-refractivity contribution is 0.192. The van der Waals surface area contributed by atoms with E-state index in [2.05, 4.69) is 25.2 Å². The summed E-state index contributed by atoms with van der Waals surface area (Å²) >= 11 is 0. The highest BCUT2D eigenvalue weighted by Crippen LogP contribution is 2.40. The molecule has 2 aliphatic rings. The van der Waals surface area contributed by atoms with E-state index in [1.54, 1.807) is 7.11 Å². The lowest BCUT2D eigenvalue weighted by Gasteiger charge is -2.31.